The van der Waals surface area contributed by atoms with Crippen LogP contribution in [0.3, 0.4) is 0 Å². The van der Waals surface area contributed by atoms with Crippen LogP contribution in [0.25, 0.3) is 18.5 Å². The highest BCUT2D eigenvalue weighted by molar-refractivity contribution is 6.38. The average molecular weight is 1070 g/mol. The first-order chi connectivity index (χ1) is 33.0. The molecule has 14 nitrogen and oxygen atoms in total. The third-order valence-electron chi connectivity index (χ3n) is 10.3. The molecule has 3 heterocycles. The Morgan fingerprint density at radius 2 is 1.06 bits per heavy atom. The molecule has 7 rings (SSSR count). The maximum Gasteiger partial charge on any atom is 0.277 e. The van der Waals surface area contributed by atoms with Gasteiger partial charge in [-0.15, -0.1) is 0 Å². The van der Waals surface area contributed by atoms with Crippen LogP contribution in [0.4, 0.5) is 17.1 Å². The molecule has 2 amide bonds. The maximum absolute atomic E-state index is 12.1. The Kier molecular flexibility index (Phi) is 19.5. The molecular formula is C50H56Cl6N12O2. The van der Waals surface area contributed by atoms with Gasteiger partial charge in [-0.05, 0) is 86.0 Å². The van der Waals surface area contributed by atoms with E-state index in [-0.39, 0.29) is 11.8 Å². The van der Waals surface area contributed by atoms with Crippen LogP contribution in [0.2, 0.25) is 30.1 Å². The monoisotopic (exact) mass is 1070 g/mol. The summed E-state index contributed by atoms with van der Waals surface area (Å²) in [5, 5.41) is 29.5. The number of benzene rings is 4. The van der Waals surface area contributed by atoms with Gasteiger partial charge in [0.05, 0.1) is 91.1 Å². The molecule has 2 aliphatic heterocycles. The molecule has 0 unspecified atom stereocenters. The molecule has 0 saturated carbocycles. The Labute approximate surface area is 439 Å². The molecule has 70 heavy (non-hydrogen) atoms. The summed E-state index contributed by atoms with van der Waals surface area (Å²) in [5.41, 5.74) is 11.9. The third kappa shape index (κ3) is 14.6. The summed E-state index contributed by atoms with van der Waals surface area (Å²) in [5.74, 6) is -0.331. The van der Waals surface area contributed by atoms with Gasteiger partial charge >= 0.3 is 0 Å². The van der Waals surface area contributed by atoms with Crippen LogP contribution < -0.4 is 31.9 Å². The number of hydrogen-bond acceptors (Lipinski definition) is 11. The largest absolute Gasteiger partial charge is 0.383 e. The fourth-order valence-electron chi connectivity index (χ4n) is 6.74. The van der Waals surface area contributed by atoms with Gasteiger partial charge in [-0.1, -0.05) is 94.4 Å². The highest BCUT2D eigenvalue weighted by Gasteiger charge is 2.28. The lowest BCUT2D eigenvalue weighted by Crippen LogP contribution is -2.30. The molecule has 370 valence electrons. The number of hydrazone groups is 2. The van der Waals surface area contributed by atoms with Crippen molar-refractivity contribution in [3.05, 3.63) is 153 Å². The Hall–Kier alpha value is -5.87. The first-order valence-corrected chi connectivity index (χ1v) is 23.9. The number of aryl methyl sites for hydroxylation is 3. The van der Waals surface area contributed by atoms with E-state index in [0.29, 0.717) is 72.3 Å². The summed E-state index contributed by atoms with van der Waals surface area (Å²) < 4.78 is 1.86. The Bertz CT molecular complexity index is 2990. The molecule has 0 bridgehead atoms. The number of carbonyl (C=O) groups excluding carboxylic acids is 2. The van der Waals surface area contributed by atoms with Gasteiger partial charge in [0.2, 0.25) is 0 Å². The second kappa shape index (κ2) is 24.8. The van der Waals surface area contributed by atoms with Crippen molar-refractivity contribution in [3.63, 3.8) is 0 Å². The lowest BCUT2D eigenvalue weighted by atomic mass is 10.1. The smallest absolute Gasteiger partial charge is 0.277 e. The molecule has 0 spiro atoms. The summed E-state index contributed by atoms with van der Waals surface area (Å²) in [6.45, 7) is 11.3. The van der Waals surface area contributed by atoms with Crippen molar-refractivity contribution in [2.45, 2.75) is 27.3 Å². The SMILES string of the molecule is C=c1c(=CN(C)C)c(CNc2cc(C)c(Cl)cc2Cl)nn1-c1ccccc1.Cc1cc(NCC2=NN(C)C(=O)C2=CN(C)C)c(Cl)cc1Cl.Cc1cc(NCC2=NNC(=O)C2=CN(C)C)c(Cl)cc1Cl. The van der Waals surface area contributed by atoms with Crippen molar-refractivity contribution < 1.29 is 9.59 Å². The first-order valence-electron chi connectivity index (χ1n) is 21.6. The lowest BCUT2D eigenvalue weighted by Gasteiger charge is -2.11. The number of likely N-dealkylation sites (N-methyl/N-ethyl adjacent to an activating group) is 1. The number of nitrogens with zero attached hydrogens (tertiary/aromatic N) is 8. The van der Waals surface area contributed by atoms with E-state index in [1.54, 1.807) is 42.5 Å². The summed E-state index contributed by atoms with van der Waals surface area (Å²) in [6.07, 6.45) is 5.53. The Morgan fingerprint density at radius 3 is 1.53 bits per heavy atom. The lowest BCUT2D eigenvalue weighted by molar-refractivity contribution is -0.124. The second-order valence-electron chi connectivity index (χ2n) is 16.8. The number of carbonyl (C=O) groups is 2. The van der Waals surface area contributed by atoms with Crippen molar-refractivity contribution in [2.75, 3.05) is 78.4 Å². The van der Waals surface area contributed by atoms with E-state index < -0.39 is 0 Å². The number of anilines is 3. The second-order valence-corrected chi connectivity index (χ2v) is 19.3. The standard InChI is InChI=1S/C21H22Cl2N4.C15H18Cl2N4O.C14H16Cl2N4O/c1-14-10-20(19(23)11-18(14)22)24-12-21-17(13-26(3)4)15(2)27(25-21)16-8-6-5-7-9-16;1-9-5-13(12(17)6-11(9)16)18-7-14-10(8-20(2)3)15(22)21(4)19-14;1-8-4-12(11(16)5-10(8)15)17-6-13-9(7-20(2)3)14(21)19-18-13/h5-11,13,24H,2,12H2,1,3-4H3;5-6,8,18H,7H2,1-4H3;4-5,7,17H,6H2,1-3H3,(H,19,21). The van der Waals surface area contributed by atoms with E-state index in [1.807, 2.05) is 132 Å². The molecular weight excluding hydrogens is 1010 g/mol. The quantitative estimate of drug-likeness (QED) is 0.0851. The maximum atomic E-state index is 12.1. The molecule has 2 aliphatic rings. The molecule has 0 atom stereocenters. The predicted octanol–water partition coefficient (Wildman–Crippen LogP) is 9.44. The van der Waals surface area contributed by atoms with Crippen LogP contribution in [0.5, 0.6) is 0 Å². The van der Waals surface area contributed by atoms with E-state index >= 15 is 0 Å². The zero-order chi connectivity index (χ0) is 51.6. The fourth-order valence-corrected chi connectivity index (χ4v) is 8.09. The van der Waals surface area contributed by atoms with E-state index in [2.05, 4.69) is 38.2 Å². The summed E-state index contributed by atoms with van der Waals surface area (Å²) in [6, 6.07) is 20.8. The van der Waals surface area contributed by atoms with Gasteiger partial charge in [-0.2, -0.15) is 15.3 Å². The van der Waals surface area contributed by atoms with Crippen LogP contribution in [-0.4, -0.2) is 115 Å². The van der Waals surface area contributed by atoms with Gasteiger partial charge in [0.15, 0.2) is 0 Å². The first kappa shape index (κ1) is 55.1. The molecule has 0 radical (unpaired) electrons. The number of nitrogens with one attached hydrogen (secondary N) is 4. The summed E-state index contributed by atoms with van der Waals surface area (Å²) in [7, 11) is 13.0. The Morgan fingerprint density at radius 1 is 0.614 bits per heavy atom. The highest BCUT2D eigenvalue weighted by Crippen LogP contribution is 2.31. The highest BCUT2D eigenvalue weighted by atomic mass is 35.5. The van der Waals surface area contributed by atoms with Crippen LogP contribution in [0.15, 0.2) is 100 Å². The van der Waals surface area contributed by atoms with Crippen LogP contribution in [0.1, 0.15) is 22.4 Å². The van der Waals surface area contributed by atoms with Gasteiger partial charge in [-0.25, -0.2) is 15.1 Å². The molecule has 1 aromatic heterocycles. The van der Waals surface area contributed by atoms with Gasteiger partial charge in [0, 0.05) is 88.2 Å². The molecule has 20 heteroatoms. The molecule has 4 N–H and O–H groups in total. The number of para-hydroxylation sites is 1. The van der Waals surface area contributed by atoms with Crippen molar-refractivity contribution >= 4 is 123 Å². The van der Waals surface area contributed by atoms with Gasteiger partial charge in [-0.3, -0.25) is 9.59 Å². The van der Waals surface area contributed by atoms with E-state index in [0.717, 1.165) is 55.7 Å². The minimum atomic E-state index is -0.209. The van der Waals surface area contributed by atoms with Crippen molar-refractivity contribution in [1.29, 1.82) is 0 Å². The van der Waals surface area contributed by atoms with Gasteiger partial charge < -0.3 is 30.7 Å². The molecule has 0 saturated heterocycles. The number of halogens is 6. The summed E-state index contributed by atoms with van der Waals surface area (Å²) >= 11 is 36.8. The molecule has 0 fully saturated rings. The van der Waals surface area contributed by atoms with E-state index in [4.69, 9.17) is 74.7 Å². The topological polar surface area (TPSA) is 138 Å². The number of rotatable bonds is 13. The number of amides is 2. The van der Waals surface area contributed by atoms with E-state index in [9.17, 15) is 9.59 Å². The van der Waals surface area contributed by atoms with Crippen molar-refractivity contribution in [1.82, 2.24) is 34.9 Å². The van der Waals surface area contributed by atoms with Gasteiger partial charge in [0.25, 0.3) is 11.8 Å². The summed E-state index contributed by atoms with van der Waals surface area (Å²) in [4.78, 5) is 29.4. The normalized spacial score (nSPS) is 14.4. The predicted molar refractivity (Wildman–Crippen MR) is 294 cm³/mol. The van der Waals surface area contributed by atoms with Gasteiger partial charge in [0.1, 0.15) is 0 Å². The third-order valence-corrected chi connectivity index (χ3v) is 12.5. The number of aromatic nitrogens is 2. The Balaban J connectivity index is 0.000000198. The average Bonchev–Trinajstić information content (AvgIpc) is 3.89. The van der Waals surface area contributed by atoms with Crippen molar-refractivity contribution in [2.24, 2.45) is 10.2 Å². The molecule has 5 aromatic rings. The van der Waals surface area contributed by atoms with Crippen molar-refractivity contribution in [3.8, 4) is 5.69 Å². The number of hydrogen-bond donors (Lipinski definition) is 4. The van der Waals surface area contributed by atoms with Crippen LogP contribution >= 0.6 is 69.6 Å². The zero-order valence-electron chi connectivity index (χ0n) is 40.6. The molecule has 4 aromatic carbocycles. The van der Waals surface area contributed by atoms with E-state index in [1.165, 1.54) is 5.01 Å². The zero-order valence-corrected chi connectivity index (χ0v) is 45.1. The fraction of sp³-hybridized carbons (Fsp3) is 0.260. The van der Waals surface area contributed by atoms with Crippen LogP contribution in [0, 0.1) is 20.8 Å². The minimum absolute atomic E-state index is 0.121. The molecule has 0 aliphatic carbocycles. The minimum Gasteiger partial charge on any atom is -0.383 e. The van der Waals surface area contributed by atoms with Crippen LogP contribution in [-0.2, 0) is 16.1 Å².